The molecule has 0 radical (unpaired) electrons. The van der Waals surface area contributed by atoms with Crippen LogP contribution in [0.5, 0.6) is 5.75 Å². The second kappa shape index (κ2) is 12.8. The van der Waals surface area contributed by atoms with E-state index < -0.39 is 28.4 Å². The number of carboxylic acid groups (broad SMARTS) is 1. The summed E-state index contributed by atoms with van der Waals surface area (Å²) in [6.45, 7) is 1.99. The van der Waals surface area contributed by atoms with Gasteiger partial charge in [-0.15, -0.1) is 0 Å². The molecule has 2 fully saturated rings. The minimum atomic E-state index is -3.90. The molecule has 1 N–H and O–H groups in total. The van der Waals surface area contributed by atoms with Crippen LogP contribution in [0, 0.1) is 5.82 Å². The van der Waals surface area contributed by atoms with Crippen molar-refractivity contribution in [2.75, 3.05) is 27.8 Å². The molecule has 1 aliphatic carbocycles. The average molecular weight is 578 g/mol. The molecule has 1 heterocycles. The number of halogens is 1. The SMILES string of the molecule is COc1ccc(CN([C@H]2C[C@@H](C)N(C(=O)O)[C@H]2COC2CCC(c3cccc(F)c3)CC2)S(=O)(=O)N(C)C)cc1. The molecule has 9 nitrogen and oxygen atoms in total. The normalized spacial score (nSPS) is 25.5. The van der Waals surface area contributed by atoms with Gasteiger partial charge in [-0.25, -0.2) is 9.18 Å². The smallest absolute Gasteiger partial charge is 0.407 e. The van der Waals surface area contributed by atoms with Crippen molar-refractivity contribution in [3.63, 3.8) is 0 Å². The van der Waals surface area contributed by atoms with Crippen LogP contribution in [0.4, 0.5) is 9.18 Å². The lowest BCUT2D eigenvalue weighted by molar-refractivity contribution is -0.0126. The Morgan fingerprint density at radius 3 is 2.35 bits per heavy atom. The molecule has 11 heteroatoms. The Labute approximate surface area is 236 Å². The molecule has 0 unspecified atom stereocenters. The Balaban J connectivity index is 1.51. The molecule has 3 atom stereocenters. The number of methoxy groups -OCH3 is 1. The lowest BCUT2D eigenvalue weighted by atomic mass is 9.82. The second-order valence-corrected chi connectivity index (χ2v) is 13.0. The van der Waals surface area contributed by atoms with Crippen LogP contribution < -0.4 is 4.74 Å². The largest absolute Gasteiger partial charge is 0.497 e. The molecule has 0 aromatic heterocycles. The van der Waals surface area contributed by atoms with Gasteiger partial charge in [0.2, 0.25) is 0 Å². The van der Waals surface area contributed by atoms with Gasteiger partial charge in [-0.3, -0.25) is 4.90 Å². The van der Waals surface area contributed by atoms with Crippen LogP contribution in [0.3, 0.4) is 0 Å². The zero-order valence-electron chi connectivity index (χ0n) is 23.6. The van der Waals surface area contributed by atoms with Crippen molar-refractivity contribution in [2.24, 2.45) is 0 Å². The molecule has 40 heavy (non-hydrogen) atoms. The summed E-state index contributed by atoms with van der Waals surface area (Å²) in [5, 5.41) is 10.1. The molecule has 4 rings (SSSR count). The van der Waals surface area contributed by atoms with Gasteiger partial charge < -0.3 is 14.6 Å². The maximum absolute atomic E-state index is 13.7. The van der Waals surface area contributed by atoms with E-state index in [1.54, 1.807) is 38.3 Å². The molecule has 220 valence electrons. The summed E-state index contributed by atoms with van der Waals surface area (Å²) >= 11 is 0. The highest BCUT2D eigenvalue weighted by Crippen LogP contribution is 2.36. The van der Waals surface area contributed by atoms with Crippen molar-refractivity contribution in [1.82, 2.24) is 13.5 Å². The van der Waals surface area contributed by atoms with Gasteiger partial charge in [0.25, 0.3) is 10.2 Å². The molecule has 0 spiro atoms. The summed E-state index contributed by atoms with van der Waals surface area (Å²) in [5.74, 6) is 0.684. The maximum atomic E-state index is 13.7. The number of hydrogen-bond acceptors (Lipinski definition) is 5. The topological polar surface area (TPSA) is 99.6 Å². The Hall–Kier alpha value is -2.73. The second-order valence-electron chi connectivity index (χ2n) is 11.0. The lowest BCUT2D eigenvalue weighted by Crippen LogP contribution is -2.53. The molecule has 0 bridgehead atoms. The van der Waals surface area contributed by atoms with Crippen molar-refractivity contribution in [2.45, 2.75) is 75.7 Å². The molecule has 1 amide bonds. The minimum absolute atomic E-state index is 0.0718. The number of ether oxygens (including phenoxy) is 2. The third-order valence-corrected chi connectivity index (χ3v) is 10.1. The third-order valence-electron chi connectivity index (χ3n) is 8.20. The van der Waals surface area contributed by atoms with Crippen molar-refractivity contribution in [3.05, 3.63) is 65.5 Å². The summed E-state index contributed by atoms with van der Waals surface area (Å²) in [5.41, 5.74) is 1.76. The first-order valence-corrected chi connectivity index (χ1v) is 15.1. The molecule has 2 aromatic rings. The monoisotopic (exact) mass is 577 g/mol. The van der Waals surface area contributed by atoms with E-state index in [0.717, 1.165) is 41.1 Å². The number of rotatable bonds is 10. The highest BCUT2D eigenvalue weighted by Gasteiger charge is 2.48. The van der Waals surface area contributed by atoms with Crippen LogP contribution in [0.2, 0.25) is 0 Å². The third kappa shape index (κ3) is 6.76. The fourth-order valence-electron chi connectivity index (χ4n) is 6.01. The number of benzene rings is 2. The first kappa shape index (κ1) is 30.2. The fourth-order valence-corrected chi connectivity index (χ4v) is 7.31. The Morgan fingerprint density at radius 1 is 1.10 bits per heavy atom. The lowest BCUT2D eigenvalue weighted by Gasteiger charge is -2.36. The highest BCUT2D eigenvalue weighted by atomic mass is 32.2. The van der Waals surface area contributed by atoms with Crippen LogP contribution in [-0.2, 0) is 21.5 Å². The van der Waals surface area contributed by atoms with Crippen LogP contribution in [0.1, 0.15) is 56.1 Å². The number of amides is 1. The molecular formula is C29H40FN3O6S. The van der Waals surface area contributed by atoms with Gasteiger partial charge in [0.15, 0.2) is 0 Å². The van der Waals surface area contributed by atoms with E-state index in [1.165, 1.54) is 29.4 Å². The quantitative estimate of drug-likeness (QED) is 0.440. The van der Waals surface area contributed by atoms with E-state index in [-0.39, 0.29) is 37.0 Å². The number of hydrogen-bond donors (Lipinski definition) is 1. The zero-order valence-corrected chi connectivity index (χ0v) is 24.4. The van der Waals surface area contributed by atoms with Gasteiger partial charge in [0.05, 0.1) is 31.9 Å². The zero-order chi connectivity index (χ0) is 29.0. The molecule has 2 aliphatic rings. The predicted octanol–water partition coefficient (Wildman–Crippen LogP) is 4.70. The van der Waals surface area contributed by atoms with E-state index in [4.69, 9.17) is 9.47 Å². The predicted molar refractivity (Wildman–Crippen MR) is 150 cm³/mol. The van der Waals surface area contributed by atoms with Crippen molar-refractivity contribution in [3.8, 4) is 5.75 Å². The molecule has 1 saturated carbocycles. The number of nitrogens with zero attached hydrogens (tertiary/aromatic N) is 3. The summed E-state index contributed by atoms with van der Waals surface area (Å²) in [4.78, 5) is 13.7. The van der Waals surface area contributed by atoms with Gasteiger partial charge in [-0.1, -0.05) is 24.3 Å². The average Bonchev–Trinajstić information content (AvgIpc) is 3.26. The van der Waals surface area contributed by atoms with E-state index in [1.807, 2.05) is 18.2 Å². The van der Waals surface area contributed by atoms with Crippen molar-refractivity contribution in [1.29, 1.82) is 0 Å². The highest BCUT2D eigenvalue weighted by molar-refractivity contribution is 7.86. The van der Waals surface area contributed by atoms with Crippen LogP contribution in [0.15, 0.2) is 48.5 Å². The van der Waals surface area contributed by atoms with E-state index in [0.29, 0.717) is 12.2 Å². The molecular weight excluding hydrogens is 537 g/mol. The minimum Gasteiger partial charge on any atom is -0.497 e. The summed E-state index contributed by atoms with van der Waals surface area (Å²) in [6, 6.07) is 12.2. The van der Waals surface area contributed by atoms with Crippen LogP contribution in [0.25, 0.3) is 0 Å². The first-order valence-electron chi connectivity index (χ1n) is 13.7. The van der Waals surface area contributed by atoms with Gasteiger partial charge in [-0.05, 0) is 80.3 Å². The maximum Gasteiger partial charge on any atom is 0.407 e. The van der Waals surface area contributed by atoms with Crippen LogP contribution >= 0.6 is 0 Å². The molecule has 1 saturated heterocycles. The van der Waals surface area contributed by atoms with E-state index >= 15 is 0 Å². The molecule has 2 aromatic carbocycles. The van der Waals surface area contributed by atoms with Crippen molar-refractivity contribution < 1.29 is 32.2 Å². The first-order chi connectivity index (χ1) is 19.0. The Morgan fingerprint density at radius 2 is 1.77 bits per heavy atom. The van der Waals surface area contributed by atoms with Gasteiger partial charge in [0, 0.05) is 26.7 Å². The van der Waals surface area contributed by atoms with Crippen LogP contribution in [-0.4, -0.2) is 85.2 Å². The fraction of sp³-hybridized carbons (Fsp3) is 0.552. The van der Waals surface area contributed by atoms with E-state index in [2.05, 4.69) is 0 Å². The Bertz CT molecular complexity index is 1250. The number of likely N-dealkylation sites (tertiary alicyclic amines) is 1. The summed E-state index contributed by atoms with van der Waals surface area (Å²) < 4.78 is 54.9. The standard InChI is InChI=1S/C29H40FN3O6S/c1-20-16-27(32(40(36,37)31(2)3)18-21-8-12-25(38-4)13-9-21)28(33(20)29(34)35)19-39-26-14-10-22(11-15-26)23-6-5-7-24(30)17-23/h5-9,12-13,17,20,22,26-28H,10-11,14-16,18-19H2,1-4H3,(H,34,35)/t20-,22?,26?,27+,28+/m1/s1. The summed E-state index contributed by atoms with van der Waals surface area (Å²) in [6.07, 6.45) is 2.43. The van der Waals surface area contributed by atoms with Gasteiger partial charge >= 0.3 is 6.09 Å². The van der Waals surface area contributed by atoms with E-state index in [9.17, 15) is 22.7 Å². The van der Waals surface area contributed by atoms with Crippen molar-refractivity contribution >= 4 is 16.3 Å². The number of carbonyl (C=O) groups is 1. The molecule has 1 aliphatic heterocycles. The van der Waals surface area contributed by atoms with Gasteiger partial charge in [0.1, 0.15) is 11.6 Å². The van der Waals surface area contributed by atoms with Gasteiger partial charge in [-0.2, -0.15) is 17.0 Å². The summed E-state index contributed by atoms with van der Waals surface area (Å²) in [7, 11) is 0.626. The Kier molecular flexibility index (Phi) is 9.71.